The van der Waals surface area contributed by atoms with Gasteiger partial charge in [0.2, 0.25) is 5.95 Å². The van der Waals surface area contributed by atoms with Gasteiger partial charge in [-0.15, -0.1) is 0 Å². The number of amides is 1. The van der Waals surface area contributed by atoms with Crippen LogP contribution in [0.25, 0.3) is 10.9 Å². The molecule has 1 aliphatic heterocycles. The third-order valence-electron chi connectivity index (χ3n) is 5.21. The van der Waals surface area contributed by atoms with Crippen molar-refractivity contribution in [3.05, 3.63) is 41.6 Å². The summed E-state index contributed by atoms with van der Waals surface area (Å²) in [6.07, 6.45) is -3.00. The van der Waals surface area contributed by atoms with E-state index in [0.717, 1.165) is 12.1 Å². The number of fused-ring (bicyclic) bond motifs is 1. The Hall–Kier alpha value is -3.67. The van der Waals surface area contributed by atoms with Crippen molar-refractivity contribution < 1.29 is 22.7 Å². The molecule has 0 aliphatic carbocycles. The van der Waals surface area contributed by atoms with Crippen molar-refractivity contribution in [3.8, 4) is 0 Å². The number of pyridine rings is 1. The molecular formula is C21H22F3N7O2. The second-order valence-electron chi connectivity index (χ2n) is 7.56. The van der Waals surface area contributed by atoms with Gasteiger partial charge >= 0.3 is 6.18 Å². The number of morpholine rings is 1. The zero-order valence-electron chi connectivity index (χ0n) is 17.9. The Labute approximate surface area is 187 Å². The molecule has 1 saturated heterocycles. The van der Waals surface area contributed by atoms with Gasteiger partial charge in [0.1, 0.15) is 18.2 Å². The molecule has 12 heteroatoms. The van der Waals surface area contributed by atoms with E-state index in [1.165, 1.54) is 17.2 Å². The molecule has 0 spiro atoms. The molecule has 1 aromatic carbocycles. The first-order chi connectivity index (χ1) is 15.7. The maximum Gasteiger partial charge on any atom is 0.416 e. The summed E-state index contributed by atoms with van der Waals surface area (Å²) in [5.41, 5.74) is 5.74. The lowest BCUT2D eigenvalue weighted by atomic mass is 10.0. The van der Waals surface area contributed by atoms with Gasteiger partial charge < -0.3 is 21.1 Å². The lowest BCUT2D eigenvalue weighted by Crippen LogP contribution is -2.42. The number of ether oxygens (including phenoxy) is 1. The minimum atomic E-state index is -4.52. The Morgan fingerprint density at radius 1 is 1.21 bits per heavy atom. The number of nitrogens with one attached hydrogen (secondary N) is 2. The largest absolute Gasteiger partial charge is 0.416 e. The molecule has 3 aromatic rings. The van der Waals surface area contributed by atoms with Crippen LogP contribution in [0.2, 0.25) is 0 Å². The van der Waals surface area contributed by atoms with E-state index in [1.54, 1.807) is 20.0 Å². The topological polar surface area (TPSA) is 118 Å². The standard InChI is InChI=1S/C21H22F3N7O2/c1-11(12-5-13(21(22,23)24)7-14(25)6-12)28-19-15-8-17(31-3-4-33-10-18(31)32)27-9-16(15)29-20(26-2)30-19/h5-9,11H,3-4,10,25H2,1-2H3,(H2,26,28,29,30)/t11-/m1/s1. The van der Waals surface area contributed by atoms with Gasteiger partial charge in [0.15, 0.2) is 0 Å². The summed E-state index contributed by atoms with van der Waals surface area (Å²) < 4.78 is 44.9. The van der Waals surface area contributed by atoms with Crippen LogP contribution < -0.4 is 21.3 Å². The second kappa shape index (κ2) is 8.70. The van der Waals surface area contributed by atoms with Crippen molar-refractivity contribution >= 4 is 40.1 Å². The van der Waals surface area contributed by atoms with Gasteiger partial charge in [-0.2, -0.15) is 18.2 Å². The van der Waals surface area contributed by atoms with Gasteiger partial charge in [-0.1, -0.05) is 0 Å². The fraction of sp³-hybridized carbons (Fsp3) is 0.333. The number of nitrogen functional groups attached to an aromatic ring is 1. The van der Waals surface area contributed by atoms with E-state index < -0.39 is 17.8 Å². The van der Waals surface area contributed by atoms with E-state index in [-0.39, 0.29) is 18.2 Å². The van der Waals surface area contributed by atoms with Gasteiger partial charge in [-0.25, -0.2) is 9.97 Å². The Kier molecular flexibility index (Phi) is 5.93. The highest BCUT2D eigenvalue weighted by molar-refractivity contribution is 5.97. The molecule has 0 radical (unpaired) electrons. The summed E-state index contributed by atoms with van der Waals surface area (Å²) in [6.45, 7) is 2.42. The molecule has 174 valence electrons. The van der Waals surface area contributed by atoms with E-state index in [4.69, 9.17) is 10.5 Å². The van der Waals surface area contributed by atoms with Crippen LogP contribution in [0.5, 0.6) is 0 Å². The molecule has 4 rings (SSSR count). The van der Waals surface area contributed by atoms with E-state index in [1.807, 2.05) is 0 Å². The number of nitrogens with zero attached hydrogens (tertiary/aromatic N) is 4. The van der Waals surface area contributed by atoms with Crippen molar-refractivity contribution in [1.82, 2.24) is 15.0 Å². The minimum Gasteiger partial charge on any atom is -0.399 e. The highest BCUT2D eigenvalue weighted by atomic mass is 19.4. The average Bonchev–Trinajstić information content (AvgIpc) is 2.78. The van der Waals surface area contributed by atoms with Crippen LogP contribution in [0.4, 0.5) is 36.4 Å². The lowest BCUT2D eigenvalue weighted by Gasteiger charge is -2.26. The fourth-order valence-electron chi connectivity index (χ4n) is 3.53. The smallest absolute Gasteiger partial charge is 0.399 e. The van der Waals surface area contributed by atoms with Crippen molar-refractivity contribution in [2.45, 2.75) is 19.1 Å². The fourth-order valence-corrected chi connectivity index (χ4v) is 3.53. The predicted octanol–water partition coefficient (Wildman–Crippen LogP) is 3.20. The highest BCUT2D eigenvalue weighted by Gasteiger charge is 2.31. The lowest BCUT2D eigenvalue weighted by molar-refractivity contribution is -0.137. The molecule has 3 heterocycles. The van der Waals surface area contributed by atoms with E-state index >= 15 is 0 Å². The molecule has 2 aromatic heterocycles. The number of hydrogen-bond donors (Lipinski definition) is 3. The van der Waals surface area contributed by atoms with Crippen molar-refractivity contribution in [3.63, 3.8) is 0 Å². The summed E-state index contributed by atoms with van der Waals surface area (Å²) in [5, 5.41) is 6.57. The Bertz CT molecular complexity index is 1200. The van der Waals surface area contributed by atoms with Crippen LogP contribution in [0.1, 0.15) is 24.1 Å². The van der Waals surface area contributed by atoms with Crippen LogP contribution in [0.3, 0.4) is 0 Å². The number of aromatic nitrogens is 3. The maximum absolute atomic E-state index is 13.2. The first-order valence-electron chi connectivity index (χ1n) is 10.1. The number of hydrogen-bond acceptors (Lipinski definition) is 8. The minimum absolute atomic E-state index is 0.00857. The number of nitrogens with two attached hydrogens (primary N) is 1. The maximum atomic E-state index is 13.2. The molecule has 4 N–H and O–H groups in total. The summed E-state index contributed by atoms with van der Waals surface area (Å²) in [7, 11) is 1.65. The Morgan fingerprint density at radius 3 is 2.70 bits per heavy atom. The third-order valence-corrected chi connectivity index (χ3v) is 5.21. The molecule has 1 amide bonds. The van der Waals surface area contributed by atoms with Gasteiger partial charge in [0.05, 0.1) is 36.5 Å². The molecule has 33 heavy (non-hydrogen) atoms. The third kappa shape index (κ3) is 4.75. The molecule has 1 aliphatic rings. The van der Waals surface area contributed by atoms with Crippen molar-refractivity contribution in [1.29, 1.82) is 0 Å². The van der Waals surface area contributed by atoms with E-state index in [2.05, 4.69) is 25.6 Å². The SMILES string of the molecule is CNc1nc(N[C@H](C)c2cc(N)cc(C(F)(F)F)c2)c2cc(N3CCOCC3=O)ncc2n1. The Balaban J connectivity index is 1.73. The summed E-state index contributed by atoms with van der Waals surface area (Å²) in [5.74, 6) is 0.869. The first-order valence-corrected chi connectivity index (χ1v) is 10.1. The van der Waals surface area contributed by atoms with E-state index in [0.29, 0.717) is 47.2 Å². The second-order valence-corrected chi connectivity index (χ2v) is 7.56. The normalized spacial score (nSPS) is 15.5. The number of carbonyl (C=O) groups is 1. The van der Waals surface area contributed by atoms with Crippen molar-refractivity contribution in [2.75, 3.05) is 48.1 Å². The molecule has 9 nitrogen and oxygen atoms in total. The molecule has 1 fully saturated rings. The zero-order valence-corrected chi connectivity index (χ0v) is 17.9. The van der Waals surface area contributed by atoms with Gasteiger partial charge in [0.25, 0.3) is 5.91 Å². The molecule has 0 saturated carbocycles. The first kappa shape index (κ1) is 22.5. The Morgan fingerprint density at radius 2 is 2.00 bits per heavy atom. The quantitative estimate of drug-likeness (QED) is 0.496. The van der Waals surface area contributed by atoms with Crippen LogP contribution >= 0.6 is 0 Å². The van der Waals surface area contributed by atoms with Crippen LogP contribution in [0, 0.1) is 0 Å². The predicted molar refractivity (Wildman–Crippen MR) is 118 cm³/mol. The monoisotopic (exact) mass is 461 g/mol. The number of rotatable bonds is 5. The van der Waals surface area contributed by atoms with Crippen LogP contribution in [-0.2, 0) is 15.7 Å². The van der Waals surface area contributed by atoms with Crippen LogP contribution in [-0.4, -0.2) is 47.7 Å². The number of carbonyl (C=O) groups excluding carboxylic acids is 1. The number of anilines is 4. The molecule has 1 atom stereocenters. The van der Waals surface area contributed by atoms with Gasteiger partial charge in [0, 0.05) is 18.1 Å². The van der Waals surface area contributed by atoms with E-state index in [9.17, 15) is 18.0 Å². The summed E-state index contributed by atoms with van der Waals surface area (Å²) >= 11 is 0. The molecular weight excluding hydrogens is 439 g/mol. The average molecular weight is 461 g/mol. The van der Waals surface area contributed by atoms with Crippen LogP contribution in [0.15, 0.2) is 30.5 Å². The van der Waals surface area contributed by atoms with Gasteiger partial charge in [-0.3, -0.25) is 9.69 Å². The summed E-state index contributed by atoms with van der Waals surface area (Å²) in [4.78, 5) is 26.9. The number of halogens is 3. The zero-order chi connectivity index (χ0) is 23.8. The number of alkyl halides is 3. The summed E-state index contributed by atoms with van der Waals surface area (Å²) in [6, 6.07) is 4.53. The highest BCUT2D eigenvalue weighted by Crippen LogP contribution is 2.34. The molecule has 0 bridgehead atoms. The molecule has 0 unspecified atom stereocenters. The van der Waals surface area contributed by atoms with Gasteiger partial charge in [-0.05, 0) is 36.8 Å². The van der Waals surface area contributed by atoms with Crippen molar-refractivity contribution in [2.24, 2.45) is 0 Å². The number of benzene rings is 1.